The maximum absolute atomic E-state index is 6.06. The molecule has 2 aliphatic rings. The van der Waals surface area contributed by atoms with Crippen molar-refractivity contribution in [3.63, 3.8) is 0 Å². The van der Waals surface area contributed by atoms with Crippen LogP contribution in [-0.2, 0) is 4.74 Å². The predicted molar refractivity (Wildman–Crippen MR) is 89.3 cm³/mol. The number of ether oxygens (including phenoxy) is 1. The van der Waals surface area contributed by atoms with Crippen LogP contribution in [0.4, 0.5) is 0 Å². The lowest BCUT2D eigenvalue weighted by molar-refractivity contribution is -0.934. The highest BCUT2D eigenvalue weighted by Gasteiger charge is 2.29. The van der Waals surface area contributed by atoms with Gasteiger partial charge in [0.2, 0.25) is 0 Å². The van der Waals surface area contributed by atoms with Crippen molar-refractivity contribution in [3.05, 3.63) is 0 Å². The van der Waals surface area contributed by atoms with Crippen LogP contribution in [0.3, 0.4) is 0 Å². The second-order valence-corrected chi connectivity index (χ2v) is 7.39. The van der Waals surface area contributed by atoms with Crippen LogP contribution < -0.4 is 34.0 Å². The van der Waals surface area contributed by atoms with E-state index >= 15 is 0 Å². The van der Waals surface area contributed by atoms with E-state index in [0.717, 1.165) is 13.2 Å². The highest BCUT2D eigenvalue weighted by atomic mass is 79.9. The lowest BCUT2D eigenvalue weighted by Gasteiger charge is -2.41. The maximum atomic E-state index is 6.06. The fourth-order valence-corrected chi connectivity index (χ4v) is 4.38. The van der Waals surface area contributed by atoms with Crippen molar-refractivity contribution in [2.75, 3.05) is 65.6 Å². The molecule has 140 valence electrons. The summed E-state index contributed by atoms with van der Waals surface area (Å²) in [7, 11) is 0. The molecule has 0 spiro atoms. The van der Waals surface area contributed by atoms with Gasteiger partial charge >= 0.3 is 0 Å². The van der Waals surface area contributed by atoms with Gasteiger partial charge in [0.1, 0.15) is 13.1 Å². The van der Waals surface area contributed by atoms with Crippen LogP contribution in [0.15, 0.2) is 0 Å². The zero-order chi connectivity index (χ0) is 15.0. The van der Waals surface area contributed by atoms with Crippen molar-refractivity contribution >= 4 is 0 Å². The van der Waals surface area contributed by atoms with E-state index < -0.39 is 0 Å². The van der Waals surface area contributed by atoms with Gasteiger partial charge in [-0.25, -0.2) is 0 Å². The van der Waals surface area contributed by atoms with Crippen LogP contribution in [0, 0.1) is 0 Å². The van der Waals surface area contributed by atoms with Crippen LogP contribution in [0.25, 0.3) is 0 Å². The van der Waals surface area contributed by atoms with E-state index in [4.69, 9.17) is 4.74 Å². The van der Waals surface area contributed by atoms with Crippen molar-refractivity contribution < 1.29 is 47.7 Å². The Morgan fingerprint density at radius 2 is 0.957 bits per heavy atom. The highest BCUT2D eigenvalue weighted by Crippen LogP contribution is 2.19. The van der Waals surface area contributed by atoms with Gasteiger partial charge in [0.15, 0.2) is 0 Å². The number of quaternary nitrogens is 2. The molecule has 5 heteroatoms. The lowest BCUT2D eigenvalue weighted by atomic mass is 10.1. The van der Waals surface area contributed by atoms with E-state index in [1.807, 2.05) is 0 Å². The molecular weight excluding hydrogens is 420 g/mol. The summed E-state index contributed by atoms with van der Waals surface area (Å²) in [6, 6.07) is 0. The first kappa shape index (κ1) is 23.8. The molecular formula is C18H38Br2N2O. The minimum Gasteiger partial charge on any atom is -1.00 e. The van der Waals surface area contributed by atoms with Gasteiger partial charge in [-0.15, -0.1) is 0 Å². The van der Waals surface area contributed by atoms with Crippen LogP contribution in [0.5, 0.6) is 0 Å². The zero-order valence-corrected chi connectivity index (χ0v) is 18.5. The van der Waals surface area contributed by atoms with Crippen LogP contribution in [0.1, 0.15) is 52.4 Å². The number of halogens is 2. The topological polar surface area (TPSA) is 9.23 Å². The van der Waals surface area contributed by atoms with Gasteiger partial charge in [-0.05, 0) is 52.4 Å². The van der Waals surface area contributed by atoms with Crippen LogP contribution >= 0.6 is 0 Å². The third-order valence-corrected chi connectivity index (χ3v) is 6.29. The summed E-state index contributed by atoms with van der Waals surface area (Å²) in [5.41, 5.74) is 0. The van der Waals surface area contributed by atoms with Crippen LogP contribution in [0.2, 0.25) is 0 Å². The first-order valence-electron chi connectivity index (χ1n) is 9.52. The Labute approximate surface area is 165 Å². The number of rotatable bonds is 8. The molecule has 2 heterocycles. The molecule has 23 heavy (non-hydrogen) atoms. The zero-order valence-electron chi connectivity index (χ0n) is 15.4. The quantitative estimate of drug-likeness (QED) is 0.280. The van der Waals surface area contributed by atoms with Gasteiger partial charge < -0.3 is 47.7 Å². The molecule has 0 radical (unpaired) electrons. The average molecular weight is 458 g/mol. The Morgan fingerprint density at radius 3 is 1.26 bits per heavy atom. The second kappa shape index (κ2) is 12.2. The molecule has 0 bridgehead atoms. The third-order valence-electron chi connectivity index (χ3n) is 6.29. The second-order valence-electron chi connectivity index (χ2n) is 7.39. The molecule has 0 aliphatic carbocycles. The van der Waals surface area contributed by atoms with E-state index in [1.54, 1.807) is 0 Å². The molecule has 2 saturated heterocycles. The third kappa shape index (κ3) is 7.31. The largest absolute Gasteiger partial charge is 1.00 e. The number of likely N-dealkylation sites (N-methyl/N-ethyl adjacent to an activating group) is 2. The Hall–Kier alpha value is 0.840. The average Bonchev–Trinajstić information content (AvgIpc) is 2.56. The Balaban J connectivity index is 0.00000242. The normalized spacial score (nSPS) is 22.7. The number of nitrogens with zero attached hydrogens (tertiary/aromatic N) is 2. The van der Waals surface area contributed by atoms with E-state index in [1.165, 1.54) is 99.8 Å². The molecule has 3 nitrogen and oxygen atoms in total. The Kier molecular flexibility index (Phi) is 12.7. The molecule has 0 aromatic heterocycles. The van der Waals surface area contributed by atoms with Crippen molar-refractivity contribution in [3.8, 4) is 0 Å². The van der Waals surface area contributed by atoms with Gasteiger partial charge in [-0.1, -0.05) is 0 Å². The van der Waals surface area contributed by atoms with Gasteiger partial charge in [0.05, 0.1) is 52.5 Å². The molecule has 2 aliphatic heterocycles. The molecule has 0 saturated carbocycles. The summed E-state index contributed by atoms with van der Waals surface area (Å²) in [6.45, 7) is 17.2. The molecule has 2 fully saturated rings. The molecule has 0 atom stereocenters. The summed E-state index contributed by atoms with van der Waals surface area (Å²) >= 11 is 0. The summed E-state index contributed by atoms with van der Waals surface area (Å²) < 4.78 is 8.69. The van der Waals surface area contributed by atoms with Crippen molar-refractivity contribution in [1.29, 1.82) is 0 Å². The van der Waals surface area contributed by atoms with E-state index in [-0.39, 0.29) is 34.0 Å². The monoisotopic (exact) mass is 456 g/mol. The number of piperidine rings is 2. The highest BCUT2D eigenvalue weighted by molar-refractivity contribution is 4.55. The first-order valence-corrected chi connectivity index (χ1v) is 9.52. The molecule has 0 aromatic carbocycles. The number of likely N-dealkylation sites (tertiary alicyclic amines) is 2. The Bertz CT molecular complexity index is 263. The first-order chi connectivity index (χ1) is 10.2. The molecule has 0 N–H and O–H groups in total. The van der Waals surface area contributed by atoms with Gasteiger partial charge in [-0.3, -0.25) is 0 Å². The molecule has 0 unspecified atom stereocenters. The molecule has 0 amide bonds. The predicted octanol–water partition coefficient (Wildman–Crippen LogP) is -2.95. The molecule has 0 aromatic rings. The van der Waals surface area contributed by atoms with Crippen molar-refractivity contribution in [2.24, 2.45) is 0 Å². The summed E-state index contributed by atoms with van der Waals surface area (Å²) in [5, 5.41) is 0. The SMILES string of the molecule is CC[N+]1(CCOCC[N+]2(CC)CCCCC2)CCCCC1.[Br-].[Br-]. The fraction of sp³-hybridized carbons (Fsp3) is 1.00. The summed E-state index contributed by atoms with van der Waals surface area (Å²) in [6.07, 6.45) is 8.56. The summed E-state index contributed by atoms with van der Waals surface area (Å²) in [4.78, 5) is 0. The van der Waals surface area contributed by atoms with Gasteiger partial charge in [-0.2, -0.15) is 0 Å². The van der Waals surface area contributed by atoms with Crippen molar-refractivity contribution in [1.82, 2.24) is 0 Å². The van der Waals surface area contributed by atoms with E-state index in [2.05, 4.69) is 13.8 Å². The number of hydrogen-bond donors (Lipinski definition) is 0. The number of hydrogen-bond acceptors (Lipinski definition) is 1. The van der Waals surface area contributed by atoms with Crippen molar-refractivity contribution in [2.45, 2.75) is 52.4 Å². The van der Waals surface area contributed by atoms with E-state index in [9.17, 15) is 0 Å². The Morgan fingerprint density at radius 1 is 0.609 bits per heavy atom. The summed E-state index contributed by atoms with van der Waals surface area (Å²) in [5.74, 6) is 0. The lowest BCUT2D eigenvalue weighted by Crippen LogP contribution is -3.00. The minimum absolute atomic E-state index is 0. The minimum atomic E-state index is 0. The van der Waals surface area contributed by atoms with Gasteiger partial charge in [0.25, 0.3) is 0 Å². The van der Waals surface area contributed by atoms with Gasteiger partial charge in [0, 0.05) is 0 Å². The maximum Gasteiger partial charge on any atom is 0.102 e. The fourth-order valence-electron chi connectivity index (χ4n) is 4.38. The standard InChI is InChI=1S/C18H38N2O.2BrH/c1-3-19(11-7-5-8-12-19)15-17-21-18-16-20(4-2)13-9-6-10-14-20;;/h3-18H2,1-2H3;2*1H/q+2;;/p-2. The van der Waals surface area contributed by atoms with Crippen LogP contribution in [-0.4, -0.2) is 74.5 Å². The molecule has 2 rings (SSSR count). The van der Waals surface area contributed by atoms with E-state index in [0.29, 0.717) is 0 Å². The smallest absolute Gasteiger partial charge is 0.102 e.